The van der Waals surface area contributed by atoms with Gasteiger partial charge in [0.1, 0.15) is 0 Å². The van der Waals surface area contributed by atoms with Crippen LogP contribution in [0.3, 0.4) is 0 Å². The summed E-state index contributed by atoms with van der Waals surface area (Å²) in [5.74, 6) is 0. The predicted octanol–water partition coefficient (Wildman–Crippen LogP) is 1.73. The van der Waals surface area contributed by atoms with Crippen molar-refractivity contribution in [3.05, 3.63) is 24.5 Å². The van der Waals surface area contributed by atoms with E-state index in [1.807, 2.05) is 18.5 Å². The minimum absolute atomic E-state index is 0.636. The Morgan fingerprint density at radius 1 is 1.33 bits per heavy atom. The van der Waals surface area contributed by atoms with Crippen molar-refractivity contribution in [2.75, 3.05) is 18.4 Å². The van der Waals surface area contributed by atoms with E-state index in [9.17, 15) is 0 Å². The highest BCUT2D eigenvalue weighted by atomic mass is 15.2. The summed E-state index contributed by atoms with van der Waals surface area (Å²) >= 11 is 0. The lowest BCUT2D eigenvalue weighted by molar-refractivity contribution is 0.318. The first-order valence-electron chi connectivity index (χ1n) is 5.84. The summed E-state index contributed by atoms with van der Waals surface area (Å²) < 4.78 is 0. The van der Waals surface area contributed by atoms with Crippen LogP contribution in [0.2, 0.25) is 0 Å². The average Bonchev–Trinajstić information content (AvgIpc) is 2.85. The molecule has 3 nitrogen and oxygen atoms in total. The molecule has 3 rings (SSSR count). The van der Waals surface area contributed by atoms with Gasteiger partial charge in [0.2, 0.25) is 0 Å². The Kier molecular flexibility index (Phi) is 2.33. The number of aromatic nitrogens is 1. The van der Waals surface area contributed by atoms with E-state index in [1.165, 1.54) is 32.4 Å². The Labute approximate surface area is 90.5 Å². The van der Waals surface area contributed by atoms with Crippen molar-refractivity contribution in [2.24, 2.45) is 0 Å². The van der Waals surface area contributed by atoms with Crippen molar-refractivity contribution < 1.29 is 0 Å². The summed E-state index contributed by atoms with van der Waals surface area (Å²) in [6.07, 6.45) is 7.74. The van der Waals surface area contributed by atoms with Crippen molar-refractivity contribution in [1.29, 1.82) is 0 Å². The summed E-state index contributed by atoms with van der Waals surface area (Å²) in [4.78, 5) is 6.76. The molecule has 3 heteroatoms. The zero-order valence-corrected chi connectivity index (χ0v) is 8.89. The molecule has 2 unspecified atom stereocenters. The minimum atomic E-state index is 0.636. The van der Waals surface area contributed by atoms with Crippen LogP contribution < -0.4 is 5.32 Å². The second-order valence-corrected chi connectivity index (χ2v) is 4.53. The molecular weight excluding hydrogens is 186 g/mol. The maximum absolute atomic E-state index is 4.14. The summed E-state index contributed by atoms with van der Waals surface area (Å²) in [6.45, 7) is 2.57. The van der Waals surface area contributed by atoms with E-state index < -0.39 is 0 Å². The molecule has 2 fully saturated rings. The average molecular weight is 203 g/mol. The van der Waals surface area contributed by atoms with E-state index in [0.717, 1.165) is 11.7 Å². The minimum Gasteiger partial charge on any atom is -0.379 e. The molecule has 0 bridgehead atoms. The smallest absolute Gasteiger partial charge is 0.0529 e. The molecule has 2 aliphatic rings. The molecule has 80 valence electrons. The van der Waals surface area contributed by atoms with Gasteiger partial charge in [-0.25, -0.2) is 0 Å². The number of nitrogens with zero attached hydrogens (tertiary/aromatic N) is 2. The van der Waals surface area contributed by atoms with Gasteiger partial charge in [-0.15, -0.1) is 0 Å². The fourth-order valence-electron chi connectivity index (χ4n) is 2.91. The monoisotopic (exact) mass is 203 g/mol. The third-order valence-corrected chi connectivity index (χ3v) is 3.62. The second kappa shape index (κ2) is 3.81. The van der Waals surface area contributed by atoms with E-state index in [2.05, 4.69) is 21.3 Å². The third-order valence-electron chi connectivity index (χ3n) is 3.62. The number of hydrogen-bond donors (Lipinski definition) is 1. The van der Waals surface area contributed by atoms with Gasteiger partial charge >= 0.3 is 0 Å². The predicted molar refractivity (Wildman–Crippen MR) is 60.9 cm³/mol. The van der Waals surface area contributed by atoms with Crippen LogP contribution in [0.1, 0.15) is 19.3 Å². The first-order chi connectivity index (χ1) is 7.43. The molecule has 1 aromatic rings. The number of nitrogens with one attached hydrogen (secondary N) is 1. The van der Waals surface area contributed by atoms with Crippen LogP contribution in [0.15, 0.2) is 24.5 Å². The molecular formula is C12H17N3. The quantitative estimate of drug-likeness (QED) is 0.793. The lowest BCUT2D eigenvalue weighted by Crippen LogP contribution is -2.33. The fourth-order valence-corrected chi connectivity index (χ4v) is 2.91. The second-order valence-electron chi connectivity index (χ2n) is 4.53. The van der Waals surface area contributed by atoms with Gasteiger partial charge in [-0.3, -0.25) is 9.88 Å². The van der Waals surface area contributed by atoms with Gasteiger partial charge in [0.15, 0.2) is 0 Å². The summed E-state index contributed by atoms with van der Waals surface area (Å²) in [5.41, 5.74) is 1.16. The first kappa shape index (κ1) is 9.16. The zero-order valence-electron chi connectivity index (χ0n) is 8.89. The van der Waals surface area contributed by atoms with Crippen molar-refractivity contribution in [2.45, 2.75) is 31.3 Å². The van der Waals surface area contributed by atoms with Gasteiger partial charge in [0.05, 0.1) is 5.69 Å². The van der Waals surface area contributed by atoms with E-state index in [1.54, 1.807) is 0 Å². The van der Waals surface area contributed by atoms with Crippen molar-refractivity contribution in [1.82, 2.24) is 9.88 Å². The number of pyridine rings is 1. The fraction of sp³-hybridized carbons (Fsp3) is 0.583. The van der Waals surface area contributed by atoms with E-state index in [0.29, 0.717) is 6.04 Å². The van der Waals surface area contributed by atoms with Gasteiger partial charge in [-0.1, -0.05) is 0 Å². The summed E-state index contributed by atoms with van der Waals surface area (Å²) in [5, 5.41) is 3.61. The van der Waals surface area contributed by atoms with Crippen LogP contribution in [0.4, 0.5) is 5.69 Å². The highest BCUT2D eigenvalue weighted by molar-refractivity contribution is 5.41. The SMILES string of the molecule is c1cncc(NC2CCN3CCCC23)c1. The Hall–Kier alpha value is -1.09. The van der Waals surface area contributed by atoms with Crippen molar-refractivity contribution >= 4 is 5.69 Å². The van der Waals surface area contributed by atoms with Crippen LogP contribution in [0.25, 0.3) is 0 Å². The Morgan fingerprint density at radius 3 is 3.20 bits per heavy atom. The van der Waals surface area contributed by atoms with Gasteiger partial charge < -0.3 is 5.32 Å². The molecule has 0 aliphatic carbocycles. The molecule has 15 heavy (non-hydrogen) atoms. The molecule has 0 amide bonds. The van der Waals surface area contributed by atoms with Gasteiger partial charge in [0, 0.05) is 31.0 Å². The summed E-state index contributed by atoms with van der Waals surface area (Å²) in [7, 11) is 0. The standard InChI is InChI=1S/C12H17N3/c1-3-10(9-13-6-1)14-11-5-8-15-7-2-4-12(11)15/h1,3,6,9,11-12,14H,2,4-5,7-8H2. The molecule has 0 radical (unpaired) electrons. The lowest BCUT2D eigenvalue weighted by Gasteiger charge is -2.21. The molecule has 2 atom stereocenters. The number of anilines is 1. The van der Waals surface area contributed by atoms with Crippen LogP contribution in [-0.2, 0) is 0 Å². The topological polar surface area (TPSA) is 28.2 Å². The lowest BCUT2D eigenvalue weighted by atomic mass is 10.1. The maximum Gasteiger partial charge on any atom is 0.0529 e. The Morgan fingerprint density at radius 2 is 2.33 bits per heavy atom. The molecule has 0 saturated carbocycles. The zero-order chi connectivity index (χ0) is 10.1. The van der Waals surface area contributed by atoms with Gasteiger partial charge in [-0.2, -0.15) is 0 Å². The molecule has 3 heterocycles. The molecule has 2 aliphatic heterocycles. The van der Waals surface area contributed by atoms with Crippen molar-refractivity contribution in [3.8, 4) is 0 Å². The Bertz CT molecular complexity index is 325. The maximum atomic E-state index is 4.14. The normalized spacial score (nSPS) is 30.4. The largest absolute Gasteiger partial charge is 0.379 e. The first-order valence-corrected chi connectivity index (χ1v) is 5.84. The van der Waals surface area contributed by atoms with Crippen LogP contribution >= 0.6 is 0 Å². The number of hydrogen-bond acceptors (Lipinski definition) is 3. The van der Waals surface area contributed by atoms with E-state index in [-0.39, 0.29) is 0 Å². The van der Waals surface area contributed by atoms with Crippen LogP contribution in [0.5, 0.6) is 0 Å². The molecule has 0 spiro atoms. The number of rotatable bonds is 2. The molecule has 1 aromatic heterocycles. The molecule has 0 aromatic carbocycles. The van der Waals surface area contributed by atoms with E-state index >= 15 is 0 Å². The Balaban J connectivity index is 1.69. The van der Waals surface area contributed by atoms with E-state index in [4.69, 9.17) is 0 Å². The third kappa shape index (κ3) is 1.72. The highest BCUT2D eigenvalue weighted by Crippen LogP contribution is 2.29. The highest BCUT2D eigenvalue weighted by Gasteiger charge is 2.36. The van der Waals surface area contributed by atoms with Gasteiger partial charge in [0.25, 0.3) is 0 Å². The van der Waals surface area contributed by atoms with Crippen molar-refractivity contribution in [3.63, 3.8) is 0 Å². The van der Waals surface area contributed by atoms with Crippen LogP contribution in [0, 0.1) is 0 Å². The van der Waals surface area contributed by atoms with Crippen LogP contribution in [-0.4, -0.2) is 35.1 Å². The van der Waals surface area contributed by atoms with Gasteiger partial charge in [-0.05, 0) is 37.9 Å². The number of fused-ring (bicyclic) bond motifs is 1. The summed E-state index contributed by atoms with van der Waals surface area (Å²) in [6, 6.07) is 5.50. The molecule has 1 N–H and O–H groups in total. The molecule has 2 saturated heterocycles.